The van der Waals surface area contributed by atoms with Gasteiger partial charge < -0.3 is 20.5 Å². The third kappa shape index (κ3) is 6.50. The van der Waals surface area contributed by atoms with E-state index in [-0.39, 0.29) is 6.04 Å². The Labute approximate surface area is 216 Å². The van der Waals surface area contributed by atoms with Crippen LogP contribution in [0.2, 0.25) is 0 Å². The number of methoxy groups -OCH3 is 1. The minimum absolute atomic E-state index is 0.164. The number of ether oxygens (including phenoxy) is 1. The lowest BCUT2D eigenvalue weighted by Crippen LogP contribution is -2.44. The average Bonchev–Trinajstić information content (AvgIpc) is 3.58. The molecule has 1 unspecified atom stereocenters. The molecule has 2 heterocycles. The molecule has 1 atom stereocenters. The largest absolute Gasteiger partial charge is 0.465 e. The van der Waals surface area contributed by atoms with Crippen molar-refractivity contribution in [2.24, 2.45) is 0 Å². The molecular formula is C26H34N6O3S. The van der Waals surface area contributed by atoms with Gasteiger partial charge in [-0.1, -0.05) is 23.5 Å². The Hall–Kier alpha value is -3.24. The first-order valence-corrected chi connectivity index (χ1v) is 12.9. The monoisotopic (exact) mass is 510 g/mol. The van der Waals surface area contributed by atoms with Crippen LogP contribution in [0.3, 0.4) is 0 Å². The summed E-state index contributed by atoms with van der Waals surface area (Å²) in [5.74, 6) is 0.987. The Morgan fingerprint density at radius 1 is 1.22 bits per heavy atom. The molecule has 0 radical (unpaired) electrons. The second kappa shape index (κ2) is 10.8. The van der Waals surface area contributed by atoms with Crippen molar-refractivity contribution in [3.05, 3.63) is 47.8 Å². The van der Waals surface area contributed by atoms with E-state index in [0.717, 1.165) is 45.5 Å². The lowest BCUT2D eigenvalue weighted by molar-refractivity contribution is 0.0955. The van der Waals surface area contributed by atoms with Gasteiger partial charge in [-0.15, -0.1) is 0 Å². The zero-order valence-corrected chi connectivity index (χ0v) is 22.2. The fourth-order valence-corrected chi connectivity index (χ4v) is 4.99. The number of hydrogen-bond donors (Lipinski definition) is 3. The molecule has 1 aliphatic rings. The van der Waals surface area contributed by atoms with Crippen LogP contribution in [0.25, 0.3) is 10.6 Å². The highest BCUT2D eigenvalue weighted by molar-refractivity contribution is 7.19. The second-order valence-corrected chi connectivity index (χ2v) is 11.1. The van der Waals surface area contributed by atoms with Crippen LogP contribution in [0.1, 0.15) is 57.7 Å². The molecule has 1 aromatic carbocycles. The molecule has 36 heavy (non-hydrogen) atoms. The van der Waals surface area contributed by atoms with Crippen molar-refractivity contribution < 1.29 is 14.6 Å². The molecule has 10 heteroatoms. The van der Waals surface area contributed by atoms with E-state index >= 15 is 0 Å². The zero-order chi connectivity index (χ0) is 25.9. The van der Waals surface area contributed by atoms with Crippen LogP contribution in [0.5, 0.6) is 0 Å². The maximum absolute atomic E-state index is 11.6. The molecule has 0 aliphatic heterocycles. The van der Waals surface area contributed by atoms with Gasteiger partial charge in [0.05, 0.1) is 22.9 Å². The molecule has 192 valence electrons. The Kier molecular flexibility index (Phi) is 7.75. The molecule has 0 spiro atoms. The predicted molar refractivity (Wildman–Crippen MR) is 143 cm³/mol. The molecule has 1 fully saturated rings. The van der Waals surface area contributed by atoms with E-state index in [2.05, 4.69) is 22.5 Å². The maximum atomic E-state index is 11.6. The van der Waals surface area contributed by atoms with Crippen LogP contribution in [-0.2, 0) is 11.3 Å². The van der Waals surface area contributed by atoms with E-state index in [1.807, 2.05) is 51.1 Å². The lowest BCUT2D eigenvalue weighted by atomic mass is 10.1. The molecule has 1 aliphatic carbocycles. The summed E-state index contributed by atoms with van der Waals surface area (Å²) in [5.41, 5.74) is 3.20. The summed E-state index contributed by atoms with van der Waals surface area (Å²) in [7, 11) is 1.70. The van der Waals surface area contributed by atoms with Gasteiger partial charge in [-0.25, -0.2) is 19.7 Å². The van der Waals surface area contributed by atoms with Crippen molar-refractivity contribution in [3.8, 4) is 10.6 Å². The van der Waals surface area contributed by atoms with Gasteiger partial charge in [-0.2, -0.15) is 0 Å². The van der Waals surface area contributed by atoms with Crippen molar-refractivity contribution in [1.29, 1.82) is 0 Å². The van der Waals surface area contributed by atoms with E-state index in [1.165, 1.54) is 4.90 Å². The third-order valence-electron chi connectivity index (χ3n) is 5.88. The minimum Gasteiger partial charge on any atom is -0.465 e. The van der Waals surface area contributed by atoms with Crippen LogP contribution >= 0.6 is 11.3 Å². The highest BCUT2D eigenvalue weighted by Gasteiger charge is 2.31. The molecule has 9 nitrogen and oxygen atoms in total. The quantitative estimate of drug-likeness (QED) is 0.307. The molecular weight excluding hydrogens is 476 g/mol. The lowest BCUT2D eigenvalue weighted by Gasteiger charge is -2.33. The summed E-state index contributed by atoms with van der Waals surface area (Å²) in [5, 5.41) is 17.1. The number of nitrogens with zero attached hydrogens (tertiary/aromatic N) is 4. The van der Waals surface area contributed by atoms with E-state index in [0.29, 0.717) is 25.0 Å². The predicted octanol–water partition coefficient (Wildman–Crippen LogP) is 5.95. The topological polar surface area (TPSA) is 112 Å². The van der Waals surface area contributed by atoms with Gasteiger partial charge in [0.15, 0.2) is 5.13 Å². The molecule has 4 rings (SSSR count). The molecule has 0 bridgehead atoms. The van der Waals surface area contributed by atoms with Crippen LogP contribution in [0, 0.1) is 0 Å². The molecule has 0 saturated heterocycles. The zero-order valence-electron chi connectivity index (χ0n) is 21.4. The average molecular weight is 511 g/mol. The Balaban J connectivity index is 1.49. The normalized spacial score (nSPS) is 14.4. The van der Waals surface area contributed by atoms with Gasteiger partial charge in [-0.05, 0) is 64.3 Å². The molecule has 3 N–H and O–H groups in total. The van der Waals surface area contributed by atoms with Crippen LogP contribution in [-0.4, -0.2) is 56.3 Å². The van der Waals surface area contributed by atoms with Crippen molar-refractivity contribution in [2.45, 2.75) is 64.6 Å². The summed E-state index contributed by atoms with van der Waals surface area (Å²) in [6, 6.07) is 9.74. The fourth-order valence-electron chi connectivity index (χ4n) is 3.86. The standard InChI is InChI=1S/C26H34N6O3S/c1-16(15-35-5)28-24-31-21(18-8-9-18)22(36-24)20-12-13-27-23(30-20)29-19-10-6-17(7-11-19)14-32(25(33)34)26(2,3)4/h6-7,10-13,16,18H,8-9,14-15H2,1-5H3,(H,28,31)(H,33,34)(H,27,29,30). The maximum Gasteiger partial charge on any atom is 0.408 e. The summed E-state index contributed by atoms with van der Waals surface area (Å²) in [6.07, 6.45) is 3.13. The Bertz CT molecular complexity index is 1190. The second-order valence-electron chi connectivity index (χ2n) is 10.1. The highest BCUT2D eigenvalue weighted by atomic mass is 32.1. The fraction of sp³-hybridized carbons (Fsp3) is 0.462. The van der Waals surface area contributed by atoms with Gasteiger partial charge in [0.2, 0.25) is 5.95 Å². The molecule has 3 aromatic rings. The summed E-state index contributed by atoms with van der Waals surface area (Å²) < 4.78 is 5.24. The first-order chi connectivity index (χ1) is 17.1. The van der Waals surface area contributed by atoms with E-state index in [1.54, 1.807) is 24.6 Å². The number of carboxylic acid groups (broad SMARTS) is 1. The van der Waals surface area contributed by atoms with E-state index < -0.39 is 11.6 Å². The van der Waals surface area contributed by atoms with Crippen LogP contribution < -0.4 is 10.6 Å². The third-order valence-corrected chi connectivity index (χ3v) is 6.91. The van der Waals surface area contributed by atoms with Crippen molar-refractivity contribution >= 4 is 34.2 Å². The number of amides is 1. The summed E-state index contributed by atoms with van der Waals surface area (Å²) in [4.78, 5) is 28.2. The van der Waals surface area contributed by atoms with Gasteiger partial charge >= 0.3 is 6.09 Å². The van der Waals surface area contributed by atoms with Crippen LogP contribution in [0.15, 0.2) is 36.5 Å². The number of carbonyl (C=O) groups is 1. The van der Waals surface area contributed by atoms with E-state index in [4.69, 9.17) is 14.7 Å². The first kappa shape index (κ1) is 25.8. The van der Waals surface area contributed by atoms with Gasteiger partial charge in [0.1, 0.15) is 0 Å². The number of thiazole rings is 1. The number of anilines is 3. The number of nitrogens with one attached hydrogen (secondary N) is 2. The Morgan fingerprint density at radius 2 is 1.94 bits per heavy atom. The number of benzene rings is 1. The van der Waals surface area contributed by atoms with Crippen molar-refractivity contribution in [2.75, 3.05) is 24.4 Å². The number of rotatable bonds is 10. The summed E-state index contributed by atoms with van der Waals surface area (Å²) in [6.45, 7) is 8.66. The number of hydrogen-bond acceptors (Lipinski definition) is 8. The van der Waals surface area contributed by atoms with E-state index in [9.17, 15) is 9.90 Å². The van der Waals surface area contributed by atoms with Gasteiger partial charge in [-0.3, -0.25) is 4.90 Å². The smallest absolute Gasteiger partial charge is 0.408 e. The van der Waals surface area contributed by atoms with Gasteiger partial charge in [0, 0.05) is 43.0 Å². The number of aromatic nitrogens is 3. The van der Waals surface area contributed by atoms with Crippen molar-refractivity contribution in [1.82, 2.24) is 19.9 Å². The molecule has 2 aromatic heterocycles. The first-order valence-electron chi connectivity index (χ1n) is 12.1. The van der Waals surface area contributed by atoms with Gasteiger partial charge in [0.25, 0.3) is 0 Å². The Morgan fingerprint density at radius 3 is 2.56 bits per heavy atom. The molecule has 1 amide bonds. The van der Waals surface area contributed by atoms with Crippen LogP contribution in [0.4, 0.5) is 21.6 Å². The highest BCUT2D eigenvalue weighted by Crippen LogP contribution is 2.47. The molecule has 1 saturated carbocycles. The van der Waals surface area contributed by atoms with Crippen molar-refractivity contribution in [3.63, 3.8) is 0 Å². The SMILES string of the molecule is COCC(C)Nc1nc(C2CC2)c(-c2ccnc(Nc3ccc(CN(C(=O)O)C(C)(C)C)cc3)n2)s1. The summed E-state index contributed by atoms with van der Waals surface area (Å²) >= 11 is 1.61. The minimum atomic E-state index is -0.935.